The van der Waals surface area contributed by atoms with E-state index in [1.165, 1.54) is 0 Å². The highest BCUT2D eigenvalue weighted by atomic mass is 15.1. The summed E-state index contributed by atoms with van der Waals surface area (Å²) in [5, 5.41) is 38.6. The second kappa shape index (κ2) is 7.60. The molecule has 1 N–H and O–H groups in total. The molecule has 0 bridgehead atoms. The Morgan fingerprint density at radius 2 is 1.60 bits per heavy atom. The SMILES string of the molecule is CN1CC=C2C(C#N)C(=N)C(C#N)(C#N)C(c3ccc(-c4ccccc4)cc3)C2C1. The van der Waals surface area contributed by atoms with Crippen LogP contribution in [-0.4, -0.2) is 30.7 Å². The highest BCUT2D eigenvalue weighted by Crippen LogP contribution is 2.53. The molecule has 1 fully saturated rings. The highest BCUT2D eigenvalue weighted by Gasteiger charge is 2.57. The average Bonchev–Trinajstić information content (AvgIpc) is 2.79. The smallest absolute Gasteiger partial charge is 0.189 e. The molecule has 1 heterocycles. The Morgan fingerprint density at radius 3 is 2.20 bits per heavy atom. The number of rotatable bonds is 2. The van der Waals surface area contributed by atoms with Crippen molar-refractivity contribution < 1.29 is 0 Å². The molecule has 1 aliphatic heterocycles. The van der Waals surface area contributed by atoms with Crippen molar-refractivity contribution in [3.63, 3.8) is 0 Å². The summed E-state index contributed by atoms with van der Waals surface area (Å²) < 4.78 is 0. The lowest BCUT2D eigenvalue weighted by molar-refractivity contribution is 0.235. The van der Waals surface area contributed by atoms with Crippen LogP contribution >= 0.6 is 0 Å². The maximum absolute atomic E-state index is 10.1. The van der Waals surface area contributed by atoms with Crippen LogP contribution < -0.4 is 0 Å². The summed E-state index contributed by atoms with van der Waals surface area (Å²) >= 11 is 0. The third kappa shape index (κ3) is 2.91. The van der Waals surface area contributed by atoms with Crippen molar-refractivity contribution in [2.75, 3.05) is 20.1 Å². The summed E-state index contributed by atoms with van der Waals surface area (Å²) in [5.74, 6) is -1.48. The molecule has 0 spiro atoms. The van der Waals surface area contributed by atoms with Gasteiger partial charge >= 0.3 is 0 Å². The minimum Gasteiger partial charge on any atom is -0.305 e. The van der Waals surface area contributed by atoms with Gasteiger partial charge in [0.15, 0.2) is 5.41 Å². The van der Waals surface area contributed by atoms with Gasteiger partial charge in [-0.05, 0) is 29.3 Å². The predicted molar refractivity (Wildman–Crippen MR) is 114 cm³/mol. The lowest BCUT2D eigenvalue weighted by Gasteiger charge is -2.47. The zero-order valence-electron chi connectivity index (χ0n) is 16.7. The molecule has 0 aromatic heterocycles. The van der Waals surface area contributed by atoms with Crippen molar-refractivity contribution in [1.29, 1.82) is 21.2 Å². The van der Waals surface area contributed by atoms with Crippen LogP contribution in [0.3, 0.4) is 0 Å². The van der Waals surface area contributed by atoms with Crippen LogP contribution in [0.25, 0.3) is 11.1 Å². The molecule has 1 saturated carbocycles. The van der Waals surface area contributed by atoms with E-state index in [0.29, 0.717) is 13.1 Å². The molecule has 2 aromatic rings. The number of likely N-dealkylation sites (N-methyl/N-ethyl adjacent to an activating group) is 1. The number of nitriles is 3. The highest BCUT2D eigenvalue weighted by molar-refractivity contribution is 6.00. The molecule has 5 nitrogen and oxygen atoms in total. The molecule has 3 atom stereocenters. The number of hydrogen-bond donors (Lipinski definition) is 1. The van der Waals surface area contributed by atoms with E-state index in [1.807, 2.05) is 67.7 Å². The molecular weight excluding hydrogens is 370 g/mol. The third-order valence-corrected chi connectivity index (χ3v) is 6.35. The van der Waals surface area contributed by atoms with Crippen molar-refractivity contribution in [2.45, 2.75) is 5.92 Å². The van der Waals surface area contributed by atoms with E-state index in [-0.39, 0.29) is 11.6 Å². The van der Waals surface area contributed by atoms with Crippen molar-refractivity contribution in [2.24, 2.45) is 17.3 Å². The van der Waals surface area contributed by atoms with E-state index in [4.69, 9.17) is 5.41 Å². The van der Waals surface area contributed by atoms with Crippen molar-refractivity contribution in [3.8, 4) is 29.3 Å². The quantitative estimate of drug-likeness (QED) is 0.778. The summed E-state index contributed by atoms with van der Waals surface area (Å²) in [7, 11) is 1.99. The maximum Gasteiger partial charge on any atom is 0.189 e. The molecule has 3 unspecified atom stereocenters. The summed E-state index contributed by atoms with van der Waals surface area (Å²) in [6.45, 7) is 1.34. The number of hydrogen-bond acceptors (Lipinski definition) is 5. The predicted octanol–water partition coefficient (Wildman–Crippen LogP) is 4.13. The third-order valence-electron chi connectivity index (χ3n) is 6.35. The molecule has 0 amide bonds. The van der Waals surface area contributed by atoms with Crippen LogP contribution in [-0.2, 0) is 0 Å². The minimum absolute atomic E-state index is 0.0980. The Balaban J connectivity index is 1.85. The van der Waals surface area contributed by atoms with Crippen molar-refractivity contribution >= 4 is 5.71 Å². The van der Waals surface area contributed by atoms with Gasteiger partial charge in [0.2, 0.25) is 0 Å². The van der Waals surface area contributed by atoms with Crippen LogP contribution in [0, 0.1) is 56.7 Å². The van der Waals surface area contributed by atoms with Crippen LogP contribution in [0.4, 0.5) is 0 Å². The van der Waals surface area contributed by atoms with Gasteiger partial charge in [-0.25, -0.2) is 0 Å². The summed E-state index contributed by atoms with van der Waals surface area (Å²) in [4.78, 5) is 2.13. The van der Waals surface area contributed by atoms with Gasteiger partial charge in [0, 0.05) is 24.9 Å². The first-order valence-electron chi connectivity index (χ1n) is 9.90. The molecule has 30 heavy (non-hydrogen) atoms. The van der Waals surface area contributed by atoms with Gasteiger partial charge in [-0.3, -0.25) is 0 Å². The van der Waals surface area contributed by atoms with Crippen LogP contribution in [0.2, 0.25) is 0 Å². The standard InChI is InChI=1S/C25H21N5/c1-30-12-11-20-21(13-26)24(29)25(15-27,16-28)23(22(20)14-30)19-9-7-18(8-10-19)17-5-3-2-4-6-17/h2-11,21-23,29H,12,14H2,1H3. The van der Waals surface area contributed by atoms with E-state index in [1.54, 1.807) is 0 Å². The molecule has 5 heteroatoms. The molecule has 2 aromatic carbocycles. The Kier molecular flexibility index (Phi) is 4.96. The Labute approximate surface area is 176 Å². The summed E-state index contributed by atoms with van der Waals surface area (Å²) in [6.07, 6.45) is 2.00. The Morgan fingerprint density at radius 1 is 0.967 bits per heavy atom. The van der Waals surface area contributed by atoms with Crippen LogP contribution in [0.1, 0.15) is 11.5 Å². The second-order valence-electron chi connectivity index (χ2n) is 8.00. The molecule has 0 radical (unpaired) electrons. The van der Waals surface area contributed by atoms with Crippen LogP contribution in [0.15, 0.2) is 66.2 Å². The zero-order valence-corrected chi connectivity index (χ0v) is 16.7. The minimum atomic E-state index is -1.66. The zero-order chi connectivity index (χ0) is 21.3. The van der Waals surface area contributed by atoms with Gasteiger partial charge in [0.1, 0.15) is 5.92 Å². The van der Waals surface area contributed by atoms with E-state index in [0.717, 1.165) is 22.3 Å². The number of benzene rings is 2. The number of nitrogens with zero attached hydrogens (tertiary/aromatic N) is 4. The molecule has 1 aliphatic carbocycles. The van der Waals surface area contributed by atoms with Crippen molar-refractivity contribution in [3.05, 3.63) is 71.8 Å². The number of nitrogens with one attached hydrogen (secondary N) is 1. The largest absolute Gasteiger partial charge is 0.305 e. The van der Waals surface area contributed by atoms with Gasteiger partial charge in [-0.1, -0.05) is 60.7 Å². The molecule has 146 valence electrons. The number of fused-ring (bicyclic) bond motifs is 1. The van der Waals surface area contributed by atoms with Gasteiger partial charge in [0.25, 0.3) is 0 Å². The maximum atomic E-state index is 10.1. The normalized spacial score (nSPS) is 25.2. The fourth-order valence-corrected chi connectivity index (χ4v) is 4.84. The summed E-state index contributed by atoms with van der Waals surface area (Å²) in [6, 6.07) is 24.4. The topological polar surface area (TPSA) is 98.5 Å². The summed E-state index contributed by atoms with van der Waals surface area (Å²) in [5.41, 5.74) is 2.11. The van der Waals surface area contributed by atoms with Crippen LogP contribution in [0.5, 0.6) is 0 Å². The lowest BCUT2D eigenvalue weighted by Crippen LogP contribution is -2.52. The van der Waals surface area contributed by atoms with E-state index in [2.05, 4.69) is 23.1 Å². The van der Waals surface area contributed by atoms with E-state index < -0.39 is 17.3 Å². The van der Waals surface area contributed by atoms with Gasteiger partial charge in [0.05, 0.1) is 23.9 Å². The second-order valence-corrected chi connectivity index (χ2v) is 8.00. The monoisotopic (exact) mass is 391 g/mol. The lowest BCUT2D eigenvalue weighted by atomic mass is 9.54. The fourth-order valence-electron chi connectivity index (χ4n) is 4.84. The van der Waals surface area contributed by atoms with Gasteiger partial charge in [-0.2, -0.15) is 15.8 Å². The van der Waals surface area contributed by atoms with E-state index >= 15 is 0 Å². The Bertz CT molecular complexity index is 1110. The molecule has 4 rings (SSSR count). The van der Waals surface area contributed by atoms with Crippen molar-refractivity contribution in [1.82, 2.24) is 4.90 Å². The fraction of sp³-hybridized carbons (Fsp3) is 0.280. The van der Waals surface area contributed by atoms with Gasteiger partial charge in [-0.15, -0.1) is 0 Å². The van der Waals surface area contributed by atoms with Gasteiger partial charge < -0.3 is 10.3 Å². The average molecular weight is 391 g/mol. The molecule has 0 saturated heterocycles. The Hall–Kier alpha value is -3.72. The first-order chi connectivity index (χ1) is 14.6. The molecular formula is C25H21N5. The first-order valence-corrected chi connectivity index (χ1v) is 9.90. The molecule has 2 aliphatic rings. The van der Waals surface area contributed by atoms with E-state index in [9.17, 15) is 15.8 Å². The first kappa shape index (κ1) is 19.6.